The van der Waals surface area contributed by atoms with Crippen molar-refractivity contribution in [1.82, 2.24) is 20.0 Å². The fraction of sp³-hybridized carbons (Fsp3) is 0.273. The molecule has 0 amide bonds. The van der Waals surface area contributed by atoms with Gasteiger partial charge in [-0.2, -0.15) is 10.2 Å². The minimum Gasteiger partial charge on any atom is -0.481 e. The molecule has 0 aromatic carbocycles. The van der Waals surface area contributed by atoms with Gasteiger partial charge in [0.15, 0.2) is 5.82 Å². The number of methoxy groups -OCH3 is 1. The molecule has 0 aliphatic heterocycles. The summed E-state index contributed by atoms with van der Waals surface area (Å²) in [5, 5.41) is 21.5. The van der Waals surface area contributed by atoms with Gasteiger partial charge in [0, 0.05) is 13.3 Å². The van der Waals surface area contributed by atoms with Crippen molar-refractivity contribution in [2.75, 3.05) is 12.9 Å². The third kappa shape index (κ3) is 3.52. The number of carboxylic acid groups (broad SMARTS) is 1. The number of aliphatic carboxylic acids is 1. The molecule has 2 heterocycles. The molecule has 0 saturated carbocycles. The predicted octanol–water partition coefficient (Wildman–Crippen LogP) is 0.985. The normalized spacial score (nSPS) is 10.6. The molecule has 0 spiro atoms. The molecule has 7 nitrogen and oxygen atoms in total. The molecule has 0 bridgehead atoms. The highest BCUT2D eigenvalue weighted by atomic mass is 32.2. The van der Waals surface area contributed by atoms with Crippen LogP contribution in [-0.4, -0.2) is 43.9 Å². The molecule has 2 aromatic heterocycles. The molecule has 0 saturated heterocycles. The summed E-state index contributed by atoms with van der Waals surface area (Å²) >= 11 is 1.17. The van der Waals surface area contributed by atoms with Crippen LogP contribution in [0.15, 0.2) is 29.4 Å². The lowest BCUT2D eigenvalue weighted by atomic mass is 10.5. The highest BCUT2D eigenvalue weighted by molar-refractivity contribution is 7.99. The van der Waals surface area contributed by atoms with Crippen LogP contribution in [-0.2, 0) is 16.1 Å². The maximum Gasteiger partial charge on any atom is 0.313 e. The Morgan fingerprint density at radius 3 is 3.05 bits per heavy atom. The molecule has 0 radical (unpaired) electrons. The standard InChI is InChI=1S/C11H12N4O3S/c1-18-6-8-5-10(19-7-11(16)17)15(14-8)9-3-2-4-12-13-9/h2-5H,6-7H2,1H3,(H,16,17). The van der Waals surface area contributed by atoms with E-state index in [1.807, 2.05) is 0 Å². The molecule has 2 aromatic rings. The van der Waals surface area contributed by atoms with Crippen molar-refractivity contribution in [1.29, 1.82) is 0 Å². The summed E-state index contributed by atoms with van der Waals surface area (Å²) in [6.07, 6.45) is 1.56. The van der Waals surface area contributed by atoms with Crippen LogP contribution in [0, 0.1) is 0 Å². The van der Waals surface area contributed by atoms with Gasteiger partial charge in [0.2, 0.25) is 0 Å². The van der Waals surface area contributed by atoms with Crippen LogP contribution in [0.3, 0.4) is 0 Å². The van der Waals surface area contributed by atoms with Crippen LogP contribution >= 0.6 is 11.8 Å². The Bertz CT molecular complexity index is 558. The Morgan fingerprint density at radius 2 is 2.42 bits per heavy atom. The second-order valence-electron chi connectivity index (χ2n) is 3.58. The van der Waals surface area contributed by atoms with Crippen LogP contribution in [0.25, 0.3) is 5.82 Å². The van der Waals surface area contributed by atoms with Crippen molar-refractivity contribution in [2.45, 2.75) is 11.6 Å². The zero-order chi connectivity index (χ0) is 13.7. The molecule has 0 fully saturated rings. The first-order chi connectivity index (χ1) is 9.20. The van der Waals surface area contributed by atoms with Crippen molar-refractivity contribution < 1.29 is 14.6 Å². The topological polar surface area (TPSA) is 90.1 Å². The minimum atomic E-state index is -0.884. The average molecular weight is 280 g/mol. The van der Waals surface area contributed by atoms with Gasteiger partial charge in [-0.1, -0.05) is 11.8 Å². The fourth-order valence-corrected chi connectivity index (χ4v) is 2.19. The van der Waals surface area contributed by atoms with Gasteiger partial charge in [-0.25, -0.2) is 4.68 Å². The Kier molecular flexibility index (Phi) is 4.48. The number of rotatable bonds is 6. The zero-order valence-electron chi connectivity index (χ0n) is 10.2. The van der Waals surface area contributed by atoms with E-state index in [9.17, 15) is 4.79 Å². The molecule has 8 heteroatoms. The van der Waals surface area contributed by atoms with Crippen molar-refractivity contribution in [2.24, 2.45) is 0 Å². The van der Waals surface area contributed by atoms with Crippen molar-refractivity contribution >= 4 is 17.7 Å². The van der Waals surface area contributed by atoms with Crippen molar-refractivity contribution in [3.8, 4) is 5.82 Å². The van der Waals surface area contributed by atoms with Crippen LogP contribution < -0.4 is 0 Å². The summed E-state index contributed by atoms with van der Waals surface area (Å²) in [5.74, 6) is -0.388. The zero-order valence-corrected chi connectivity index (χ0v) is 11.0. The van der Waals surface area contributed by atoms with Crippen LogP contribution in [0.5, 0.6) is 0 Å². The highest BCUT2D eigenvalue weighted by Crippen LogP contribution is 2.22. The van der Waals surface area contributed by atoms with E-state index in [4.69, 9.17) is 9.84 Å². The monoisotopic (exact) mass is 280 g/mol. The van der Waals surface area contributed by atoms with E-state index in [1.165, 1.54) is 11.8 Å². The first-order valence-electron chi connectivity index (χ1n) is 5.41. The Morgan fingerprint density at radius 1 is 1.58 bits per heavy atom. The van der Waals surface area contributed by atoms with Crippen molar-refractivity contribution in [3.05, 3.63) is 30.1 Å². The van der Waals surface area contributed by atoms with E-state index < -0.39 is 5.97 Å². The third-order valence-electron chi connectivity index (χ3n) is 2.14. The van der Waals surface area contributed by atoms with Gasteiger partial charge < -0.3 is 9.84 Å². The Balaban J connectivity index is 2.31. The summed E-state index contributed by atoms with van der Waals surface area (Å²) in [6.45, 7) is 0.355. The van der Waals surface area contributed by atoms with Crippen LogP contribution in [0.4, 0.5) is 0 Å². The molecule has 0 atom stereocenters. The van der Waals surface area contributed by atoms with Gasteiger partial charge in [0.1, 0.15) is 5.03 Å². The van der Waals surface area contributed by atoms with E-state index in [-0.39, 0.29) is 5.75 Å². The fourth-order valence-electron chi connectivity index (χ4n) is 1.44. The van der Waals surface area contributed by atoms with E-state index >= 15 is 0 Å². The molecule has 100 valence electrons. The number of hydrogen-bond acceptors (Lipinski definition) is 6. The first-order valence-corrected chi connectivity index (χ1v) is 6.40. The van der Waals surface area contributed by atoms with Gasteiger partial charge in [-0.05, 0) is 18.2 Å². The number of aromatic nitrogens is 4. The Hall–Kier alpha value is -1.93. The van der Waals surface area contributed by atoms with E-state index in [0.717, 1.165) is 0 Å². The lowest BCUT2D eigenvalue weighted by Crippen LogP contribution is -2.04. The Labute approximate surface area is 113 Å². The maximum atomic E-state index is 10.6. The number of ether oxygens (including phenoxy) is 1. The summed E-state index contributed by atoms with van der Waals surface area (Å²) in [4.78, 5) is 10.6. The molecule has 0 aliphatic carbocycles. The van der Waals surface area contributed by atoms with Crippen LogP contribution in [0.1, 0.15) is 5.69 Å². The summed E-state index contributed by atoms with van der Waals surface area (Å²) < 4.78 is 6.58. The number of carbonyl (C=O) groups is 1. The van der Waals surface area contributed by atoms with Crippen molar-refractivity contribution in [3.63, 3.8) is 0 Å². The van der Waals surface area contributed by atoms with Crippen LogP contribution in [0.2, 0.25) is 0 Å². The lowest BCUT2D eigenvalue weighted by Gasteiger charge is -2.03. The van der Waals surface area contributed by atoms with Gasteiger partial charge in [0.05, 0.1) is 18.1 Å². The van der Waals surface area contributed by atoms with Gasteiger partial charge >= 0.3 is 5.97 Å². The largest absolute Gasteiger partial charge is 0.481 e. The van der Waals surface area contributed by atoms with Gasteiger partial charge in [-0.15, -0.1) is 5.10 Å². The molecule has 2 rings (SSSR count). The molecule has 1 N–H and O–H groups in total. The summed E-state index contributed by atoms with van der Waals surface area (Å²) in [7, 11) is 1.57. The molecule has 0 unspecified atom stereocenters. The average Bonchev–Trinajstić information content (AvgIpc) is 2.81. The minimum absolute atomic E-state index is 0.0433. The number of thioether (sulfide) groups is 1. The second kappa shape index (κ2) is 6.30. The summed E-state index contributed by atoms with van der Waals surface area (Å²) in [5.41, 5.74) is 0.709. The van der Waals surface area contributed by atoms with Gasteiger partial charge in [-0.3, -0.25) is 4.79 Å². The maximum absolute atomic E-state index is 10.6. The van der Waals surface area contributed by atoms with E-state index in [0.29, 0.717) is 23.1 Å². The summed E-state index contributed by atoms with van der Waals surface area (Å²) in [6, 6.07) is 5.28. The molecular formula is C11H12N4O3S. The number of carboxylic acids is 1. The third-order valence-corrected chi connectivity index (χ3v) is 3.12. The first kappa shape index (κ1) is 13.5. The van der Waals surface area contributed by atoms with Gasteiger partial charge in [0.25, 0.3) is 0 Å². The number of hydrogen-bond donors (Lipinski definition) is 1. The quantitative estimate of drug-likeness (QED) is 0.789. The molecule has 0 aliphatic rings. The smallest absolute Gasteiger partial charge is 0.313 e. The highest BCUT2D eigenvalue weighted by Gasteiger charge is 2.12. The molecular weight excluding hydrogens is 268 g/mol. The number of nitrogens with zero attached hydrogens (tertiary/aromatic N) is 4. The second-order valence-corrected chi connectivity index (χ2v) is 4.58. The lowest BCUT2D eigenvalue weighted by molar-refractivity contribution is -0.133. The predicted molar refractivity (Wildman–Crippen MR) is 68.2 cm³/mol. The SMILES string of the molecule is COCc1cc(SCC(=O)O)n(-c2cccnn2)n1. The van der Waals surface area contributed by atoms with E-state index in [2.05, 4.69) is 15.3 Å². The molecule has 19 heavy (non-hydrogen) atoms. The van der Waals surface area contributed by atoms with E-state index in [1.54, 1.807) is 36.2 Å².